The van der Waals surface area contributed by atoms with E-state index in [2.05, 4.69) is 10.3 Å². The Labute approximate surface area is 82.9 Å². The van der Waals surface area contributed by atoms with E-state index in [0.717, 1.165) is 12.8 Å². The zero-order valence-electron chi connectivity index (χ0n) is 8.13. The molecule has 1 aromatic heterocycles. The Bertz CT molecular complexity index is 299. The van der Waals surface area contributed by atoms with Crippen LogP contribution in [0, 0.1) is 0 Å². The average Bonchev–Trinajstić information content (AvgIpc) is 2.67. The van der Waals surface area contributed by atoms with E-state index in [1.54, 1.807) is 10.9 Å². The lowest BCUT2D eigenvalue weighted by Gasteiger charge is -2.28. The molecule has 1 fully saturated rings. The molecular formula is C9H16N4O. The van der Waals surface area contributed by atoms with Gasteiger partial charge in [0.15, 0.2) is 0 Å². The predicted octanol–water partition coefficient (Wildman–Crippen LogP) is 0.213. The monoisotopic (exact) mass is 196 g/mol. The molecule has 0 radical (unpaired) electrons. The molecule has 0 aromatic carbocycles. The van der Waals surface area contributed by atoms with E-state index in [1.165, 1.54) is 12.8 Å². The molecule has 0 bridgehead atoms. The van der Waals surface area contributed by atoms with Crippen LogP contribution in [0.5, 0.6) is 0 Å². The van der Waals surface area contributed by atoms with Crippen molar-refractivity contribution in [2.24, 2.45) is 5.73 Å². The number of nitrogens with zero attached hydrogens (tertiary/aromatic N) is 3. The van der Waals surface area contributed by atoms with Gasteiger partial charge in [-0.3, -0.25) is 0 Å². The summed E-state index contributed by atoms with van der Waals surface area (Å²) in [6.07, 6.45) is 6.32. The number of aliphatic hydroxyl groups excluding tert-OH is 1. The third-order valence-electron chi connectivity index (χ3n) is 2.84. The second-order valence-corrected chi connectivity index (χ2v) is 3.86. The highest BCUT2D eigenvalue weighted by Crippen LogP contribution is 2.26. The van der Waals surface area contributed by atoms with E-state index >= 15 is 0 Å². The topological polar surface area (TPSA) is 77.0 Å². The molecule has 5 heteroatoms. The first kappa shape index (κ1) is 9.61. The van der Waals surface area contributed by atoms with Gasteiger partial charge in [0.25, 0.3) is 0 Å². The van der Waals surface area contributed by atoms with Crippen LogP contribution in [0.15, 0.2) is 6.20 Å². The van der Waals surface area contributed by atoms with Gasteiger partial charge in [-0.2, -0.15) is 0 Å². The number of nitrogens with two attached hydrogens (primary N) is 1. The van der Waals surface area contributed by atoms with Crippen LogP contribution < -0.4 is 5.73 Å². The smallest absolute Gasteiger partial charge is 0.108 e. The molecule has 1 aliphatic rings. The number of rotatable bonds is 2. The first-order valence-corrected chi connectivity index (χ1v) is 5.08. The maximum atomic E-state index is 8.87. The van der Waals surface area contributed by atoms with Crippen LogP contribution in [0.3, 0.4) is 0 Å². The van der Waals surface area contributed by atoms with Gasteiger partial charge in [0, 0.05) is 6.04 Å². The van der Waals surface area contributed by atoms with Crippen molar-refractivity contribution < 1.29 is 5.11 Å². The molecule has 1 aliphatic carbocycles. The molecule has 1 heterocycles. The van der Waals surface area contributed by atoms with Crippen LogP contribution in [-0.2, 0) is 6.61 Å². The summed E-state index contributed by atoms with van der Waals surface area (Å²) < 4.78 is 1.80. The van der Waals surface area contributed by atoms with Gasteiger partial charge in [-0.15, -0.1) is 5.10 Å². The molecule has 1 saturated carbocycles. The van der Waals surface area contributed by atoms with Crippen molar-refractivity contribution in [2.75, 3.05) is 0 Å². The van der Waals surface area contributed by atoms with Gasteiger partial charge < -0.3 is 10.8 Å². The van der Waals surface area contributed by atoms with Gasteiger partial charge in [-0.25, -0.2) is 4.68 Å². The van der Waals surface area contributed by atoms with Crippen LogP contribution in [-0.4, -0.2) is 26.1 Å². The fourth-order valence-electron chi connectivity index (χ4n) is 2.02. The second-order valence-electron chi connectivity index (χ2n) is 3.86. The molecule has 2 atom stereocenters. The van der Waals surface area contributed by atoms with E-state index in [9.17, 15) is 0 Å². The molecular weight excluding hydrogens is 180 g/mol. The standard InChI is InChI=1S/C9H16N4O/c10-8-3-1-2-4-9(8)13-5-7(6-14)11-12-13/h5,8-9,14H,1-4,6,10H2/t8-,9-/m0/s1. The summed E-state index contributed by atoms with van der Waals surface area (Å²) in [5.41, 5.74) is 6.62. The third-order valence-corrected chi connectivity index (χ3v) is 2.84. The van der Waals surface area contributed by atoms with E-state index in [-0.39, 0.29) is 18.7 Å². The summed E-state index contributed by atoms with van der Waals surface area (Å²) >= 11 is 0. The Balaban J connectivity index is 2.12. The van der Waals surface area contributed by atoms with Gasteiger partial charge in [0.1, 0.15) is 5.69 Å². The van der Waals surface area contributed by atoms with E-state index in [4.69, 9.17) is 10.8 Å². The van der Waals surface area contributed by atoms with Crippen molar-refractivity contribution in [2.45, 2.75) is 44.4 Å². The number of hydrogen-bond acceptors (Lipinski definition) is 4. The summed E-state index contributed by atoms with van der Waals surface area (Å²) in [5.74, 6) is 0. The molecule has 78 valence electrons. The minimum Gasteiger partial charge on any atom is -0.390 e. The fourth-order valence-corrected chi connectivity index (χ4v) is 2.02. The second kappa shape index (κ2) is 4.06. The lowest BCUT2D eigenvalue weighted by atomic mass is 9.91. The SMILES string of the molecule is N[C@H]1CCCC[C@@H]1n1cc(CO)nn1. The first-order valence-electron chi connectivity index (χ1n) is 5.08. The Morgan fingerprint density at radius 3 is 2.93 bits per heavy atom. The minimum absolute atomic E-state index is 0.0536. The van der Waals surface area contributed by atoms with Gasteiger partial charge in [-0.05, 0) is 12.8 Å². The predicted molar refractivity (Wildman–Crippen MR) is 51.4 cm³/mol. The van der Waals surface area contributed by atoms with Crippen LogP contribution in [0.1, 0.15) is 37.4 Å². The highest BCUT2D eigenvalue weighted by Gasteiger charge is 2.24. The third kappa shape index (κ3) is 1.78. The molecule has 14 heavy (non-hydrogen) atoms. The summed E-state index contributed by atoms with van der Waals surface area (Å²) in [6.45, 7) is -0.0536. The summed E-state index contributed by atoms with van der Waals surface area (Å²) in [6, 6.07) is 0.438. The maximum absolute atomic E-state index is 8.87. The Morgan fingerprint density at radius 2 is 2.29 bits per heavy atom. The summed E-state index contributed by atoms with van der Waals surface area (Å²) in [5, 5.41) is 16.7. The van der Waals surface area contributed by atoms with Crippen molar-refractivity contribution in [3.8, 4) is 0 Å². The maximum Gasteiger partial charge on any atom is 0.108 e. The Hall–Kier alpha value is -0.940. The molecule has 0 amide bonds. The molecule has 5 nitrogen and oxygen atoms in total. The van der Waals surface area contributed by atoms with Crippen molar-refractivity contribution in [3.05, 3.63) is 11.9 Å². The van der Waals surface area contributed by atoms with Crippen LogP contribution in [0.2, 0.25) is 0 Å². The van der Waals surface area contributed by atoms with Crippen molar-refractivity contribution in [3.63, 3.8) is 0 Å². The molecule has 0 spiro atoms. The Kier molecular flexibility index (Phi) is 2.79. The van der Waals surface area contributed by atoms with Gasteiger partial charge in [0.2, 0.25) is 0 Å². The molecule has 0 saturated heterocycles. The molecule has 2 rings (SSSR count). The van der Waals surface area contributed by atoms with Crippen molar-refractivity contribution in [1.29, 1.82) is 0 Å². The summed E-state index contributed by atoms with van der Waals surface area (Å²) in [4.78, 5) is 0. The number of aliphatic hydroxyl groups is 1. The molecule has 0 unspecified atom stereocenters. The lowest BCUT2D eigenvalue weighted by Crippen LogP contribution is -2.35. The molecule has 3 N–H and O–H groups in total. The highest BCUT2D eigenvalue weighted by atomic mass is 16.3. The zero-order chi connectivity index (χ0) is 9.97. The van der Waals surface area contributed by atoms with Crippen LogP contribution in [0.4, 0.5) is 0 Å². The highest BCUT2D eigenvalue weighted by molar-refractivity contribution is 4.93. The average molecular weight is 196 g/mol. The number of aromatic nitrogens is 3. The van der Waals surface area contributed by atoms with Gasteiger partial charge in [-0.1, -0.05) is 18.1 Å². The van der Waals surface area contributed by atoms with Crippen LogP contribution >= 0.6 is 0 Å². The van der Waals surface area contributed by atoms with E-state index < -0.39 is 0 Å². The van der Waals surface area contributed by atoms with Crippen molar-refractivity contribution in [1.82, 2.24) is 15.0 Å². The quantitative estimate of drug-likeness (QED) is 0.709. The normalized spacial score (nSPS) is 27.9. The minimum atomic E-state index is -0.0536. The van der Waals surface area contributed by atoms with E-state index in [1.807, 2.05) is 0 Å². The molecule has 1 aromatic rings. The number of hydrogen-bond donors (Lipinski definition) is 2. The van der Waals surface area contributed by atoms with Gasteiger partial charge in [0.05, 0.1) is 18.8 Å². The first-order chi connectivity index (χ1) is 6.81. The fraction of sp³-hybridized carbons (Fsp3) is 0.778. The largest absolute Gasteiger partial charge is 0.390 e. The lowest BCUT2D eigenvalue weighted by molar-refractivity contribution is 0.275. The zero-order valence-corrected chi connectivity index (χ0v) is 8.13. The molecule has 0 aliphatic heterocycles. The van der Waals surface area contributed by atoms with Gasteiger partial charge >= 0.3 is 0 Å². The van der Waals surface area contributed by atoms with Crippen molar-refractivity contribution >= 4 is 0 Å². The van der Waals surface area contributed by atoms with Crippen LogP contribution in [0.25, 0.3) is 0 Å². The summed E-state index contributed by atoms with van der Waals surface area (Å²) in [7, 11) is 0. The van der Waals surface area contributed by atoms with E-state index in [0.29, 0.717) is 5.69 Å². The Morgan fingerprint density at radius 1 is 1.50 bits per heavy atom.